The molecular weight excluding hydrogens is 274 g/mol. The van der Waals surface area contributed by atoms with Gasteiger partial charge in [-0.1, -0.05) is 13.8 Å². The van der Waals surface area contributed by atoms with E-state index in [4.69, 9.17) is 0 Å². The number of nitro benzene ring substituents is 1. The fraction of sp³-hybridized carbons (Fsp3) is 0.429. The minimum Gasteiger partial charge on any atom is -0.292 e. The van der Waals surface area contributed by atoms with Crippen LogP contribution in [0, 0.1) is 10.1 Å². The summed E-state index contributed by atoms with van der Waals surface area (Å²) in [5, 5.41) is 10.6. The van der Waals surface area contributed by atoms with E-state index < -0.39 is 11.0 Å². The van der Waals surface area contributed by atoms with Crippen LogP contribution in [0.15, 0.2) is 24.3 Å². The topological polar surface area (TPSA) is 83.8 Å². The summed E-state index contributed by atoms with van der Waals surface area (Å²) in [5.41, 5.74) is 0.309. The predicted molar refractivity (Wildman–Crippen MR) is 76.9 cm³/mol. The Morgan fingerprint density at radius 1 is 1.24 bits per heavy atom. The normalized spacial score (nSPS) is 18.6. The van der Waals surface area contributed by atoms with Gasteiger partial charge in [0, 0.05) is 12.1 Å². The zero-order valence-corrected chi connectivity index (χ0v) is 12.0. The summed E-state index contributed by atoms with van der Waals surface area (Å²) in [6, 6.07) is 5.00. The van der Waals surface area contributed by atoms with E-state index in [1.807, 2.05) is 18.7 Å². The second-order valence-corrected chi connectivity index (χ2v) is 4.78. The van der Waals surface area contributed by atoms with Crippen molar-refractivity contribution in [3.05, 3.63) is 34.4 Å². The molecular formula is C14H17N3O4. The average molecular weight is 291 g/mol. The van der Waals surface area contributed by atoms with Gasteiger partial charge in [-0.05, 0) is 25.2 Å². The Labute approximate surface area is 122 Å². The van der Waals surface area contributed by atoms with Gasteiger partial charge in [-0.3, -0.25) is 24.6 Å². The molecule has 1 saturated heterocycles. The molecule has 1 aliphatic heterocycles. The van der Waals surface area contributed by atoms with Gasteiger partial charge in [-0.2, -0.15) is 0 Å². The Balaban J connectivity index is 2.25. The molecule has 0 unspecified atom stereocenters. The van der Waals surface area contributed by atoms with Crippen molar-refractivity contribution in [1.82, 2.24) is 4.90 Å². The Bertz CT molecular complexity index is 566. The molecule has 1 aromatic carbocycles. The maximum atomic E-state index is 12.4. The van der Waals surface area contributed by atoms with Gasteiger partial charge in [-0.15, -0.1) is 0 Å². The minimum atomic E-state index is -0.518. The molecule has 1 atom stereocenters. The predicted octanol–water partition coefficient (Wildman–Crippen LogP) is 1.57. The number of amides is 2. The van der Waals surface area contributed by atoms with Gasteiger partial charge in [0.25, 0.3) is 11.6 Å². The number of nitro groups is 1. The largest absolute Gasteiger partial charge is 0.292 e. The van der Waals surface area contributed by atoms with Crippen LogP contribution < -0.4 is 4.90 Å². The van der Waals surface area contributed by atoms with Crippen molar-refractivity contribution in [2.75, 3.05) is 18.0 Å². The van der Waals surface area contributed by atoms with E-state index >= 15 is 0 Å². The molecule has 21 heavy (non-hydrogen) atoms. The van der Waals surface area contributed by atoms with Gasteiger partial charge in [0.15, 0.2) is 0 Å². The number of carbonyl (C=O) groups excluding carboxylic acids is 2. The van der Waals surface area contributed by atoms with Crippen LogP contribution in [0.25, 0.3) is 0 Å². The molecule has 1 aromatic rings. The number of hydrogen-bond donors (Lipinski definition) is 0. The standard InChI is InChI=1S/C14H17N3O4/c1-3-15(4-2)12-9-13(18)16(14(12)19)10-5-7-11(8-6-10)17(20)21/h5-8,12H,3-4,9H2,1-2H3/t12-/m1/s1. The molecule has 0 spiro atoms. The van der Waals surface area contributed by atoms with E-state index in [-0.39, 0.29) is 23.9 Å². The van der Waals surface area contributed by atoms with E-state index in [2.05, 4.69) is 0 Å². The SMILES string of the molecule is CCN(CC)[C@@H]1CC(=O)N(c2ccc([N+](=O)[O-])cc2)C1=O. The molecule has 0 saturated carbocycles. The Hall–Kier alpha value is -2.28. The van der Waals surface area contributed by atoms with E-state index in [1.54, 1.807) is 0 Å². The van der Waals surface area contributed by atoms with Gasteiger partial charge in [0.1, 0.15) is 0 Å². The molecule has 2 amide bonds. The number of imide groups is 1. The Kier molecular flexibility index (Phi) is 4.32. The van der Waals surface area contributed by atoms with Gasteiger partial charge < -0.3 is 0 Å². The number of hydrogen-bond acceptors (Lipinski definition) is 5. The van der Waals surface area contributed by atoms with Gasteiger partial charge in [0.2, 0.25) is 5.91 Å². The maximum Gasteiger partial charge on any atom is 0.269 e. The zero-order valence-electron chi connectivity index (χ0n) is 12.0. The first kappa shape index (κ1) is 15.1. The second-order valence-electron chi connectivity index (χ2n) is 4.78. The Morgan fingerprint density at radius 2 is 1.81 bits per heavy atom. The van der Waals surface area contributed by atoms with Crippen LogP contribution in [0.4, 0.5) is 11.4 Å². The first-order valence-electron chi connectivity index (χ1n) is 6.84. The van der Waals surface area contributed by atoms with E-state index in [9.17, 15) is 19.7 Å². The lowest BCUT2D eigenvalue weighted by atomic mass is 10.2. The number of nitrogens with zero attached hydrogens (tertiary/aromatic N) is 3. The quantitative estimate of drug-likeness (QED) is 0.467. The Morgan fingerprint density at radius 3 is 2.29 bits per heavy atom. The van der Waals surface area contributed by atoms with Crippen LogP contribution in [0.1, 0.15) is 20.3 Å². The van der Waals surface area contributed by atoms with Crippen LogP contribution in [-0.2, 0) is 9.59 Å². The lowest BCUT2D eigenvalue weighted by Gasteiger charge is -2.24. The van der Waals surface area contributed by atoms with Crippen LogP contribution in [0.3, 0.4) is 0 Å². The van der Waals surface area contributed by atoms with Crippen molar-refractivity contribution in [2.45, 2.75) is 26.3 Å². The molecule has 7 heteroatoms. The van der Waals surface area contributed by atoms with Gasteiger partial charge in [0.05, 0.1) is 23.1 Å². The molecule has 1 fully saturated rings. The molecule has 0 aromatic heterocycles. The lowest BCUT2D eigenvalue weighted by molar-refractivity contribution is -0.384. The summed E-state index contributed by atoms with van der Waals surface area (Å²) in [5.74, 6) is -0.539. The van der Waals surface area contributed by atoms with Crippen molar-refractivity contribution in [1.29, 1.82) is 0 Å². The number of benzene rings is 1. The van der Waals surface area contributed by atoms with E-state index in [0.29, 0.717) is 18.8 Å². The van der Waals surface area contributed by atoms with Crippen molar-refractivity contribution in [3.8, 4) is 0 Å². The second kappa shape index (κ2) is 6.01. The fourth-order valence-electron chi connectivity index (χ4n) is 2.56. The first-order valence-corrected chi connectivity index (χ1v) is 6.84. The third-order valence-electron chi connectivity index (χ3n) is 3.69. The highest BCUT2D eigenvalue weighted by atomic mass is 16.6. The summed E-state index contributed by atoms with van der Waals surface area (Å²) in [6.07, 6.45) is 0.150. The molecule has 2 rings (SSSR count). The van der Waals surface area contributed by atoms with Gasteiger partial charge in [-0.25, -0.2) is 4.90 Å². The summed E-state index contributed by atoms with van der Waals surface area (Å²) >= 11 is 0. The van der Waals surface area contributed by atoms with Crippen LogP contribution in [0.2, 0.25) is 0 Å². The van der Waals surface area contributed by atoms with Crippen LogP contribution >= 0.6 is 0 Å². The van der Waals surface area contributed by atoms with E-state index in [0.717, 1.165) is 4.90 Å². The van der Waals surface area contributed by atoms with Crippen molar-refractivity contribution < 1.29 is 14.5 Å². The molecule has 7 nitrogen and oxygen atoms in total. The van der Waals surface area contributed by atoms with Crippen molar-refractivity contribution in [3.63, 3.8) is 0 Å². The number of non-ortho nitro benzene ring substituents is 1. The first-order chi connectivity index (χ1) is 9.99. The van der Waals surface area contributed by atoms with Crippen molar-refractivity contribution in [2.24, 2.45) is 0 Å². The number of likely N-dealkylation sites (N-methyl/N-ethyl adjacent to an activating group) is 1. The third kappa shape index (κ3) is 2.78. The van der Waals surface area contributed by atoms with E-state index in [1.165, 1.54) is 24.3 Å². The molecule has 0 N–H and O–H groups in total. The molecule has 1 heterocycles. The monoisotopic (exact) mass is 291 g/mol. The fourth-order valence-corrected chi connectivity index (χ4v) is 2.56. The molecule has 112 valence electrons. The molecule has 1 aliphatic rings. The van der Waals surface area contributed by atoms with Gasteiger partial charge >= 0.3 is 0 Å². The lowest BCUT2D eigenvalue weighted by Crippen LogP contribution is -2.41. The number of rotatable bonds is 5. The number of carbonyl (C=O) groups is 2. The smallest absolute Gasteiger partial charge is 0.269 e. The number of anilines is 1. The zero-order chi connectivity index (χ0) is 15.6. The highest BCUT2D eigenvalue weighted by Gasteiger charge is 2.41. The maximum absolute atomic E-state index is 12.4. The van der Waals surface area contributed by atoms with Crippen molar-refractivity contribution >= 4 is 23.2 Å². The van der Waals surface area contributed by atoms with Crippen LogP contribution in [0.5, 0.6) is 0 Å². The summed E-state index contributed by atoms with van der Waals surface area (Å²) < 4.78 is 0. The summed E-state index contributed by atoms with van der Waals surface area (Å²) in [7, 11) is 0. The molecule has 0 radical (unpaired) electrons. The molecule has 0 bridgehead atoms. The highest BCUT2D eigenvalue weighted by Crippen LogP contribution is 2.27. The summed E-state index contributed by atoms with van der Waals surface area (Å²) in [6.45, 7) is 5.26. The molecule has 0 aliphatic carbocycles. The van der Waals surface area contributed by atoms with Crippen LogP contribution in [-0.4, -0.2) is 40.8 Å². The average Bonchev–Trinajstić information content (AvgIpc) is 2.76. The highest BCUT2D eigenvalue weighted by molar-refractivity contribution is 6.22. The summed E-state index contributed by atoms with van der Waals surface area (Å²) in [4.78, 5) is 37.7. The third-order valence-corrected chi connectivity index (χ3v) is 3.69. The minimum absolute atomic E-state index is 0.0712.